The number of esters is 1. The van der Waals surface area contributed by atoms with Gasteiger partial charge in [0.2, 0.25) is 0 Å². The zero-order valence-corrected chi connectivity index (χ0v) is 14.4. The van der Waals surface area contributed by atoms with Crippen molar-refractivity contribution in [2.24, 2.45) is 0 Å². The Morgan fingerprint density at radius 3 is 2.92 bits per heavy atom. The summed E-state index contributed by atoms with van der Waals surface area (Å²) in [7, 11) is 0. The van der Waals surface area contributed by atoms with Crippen LogP contribution in [0.15, 0.2) is 47.4 Å². The largest absolute Gasteiger partial charge is 0.507 e. The average Bonchev–Trinajstić information content (AvgIpc) is 2.99. The second kappa shape index (κ2) is 7.01. The van der Waals surface area contributed by atoms with Crippen molar-refractivity contribution in [2.75, 3.05) is 11.9 Å². The number of phenolic OH excluding ortho intramolecular Hbond substituents is 1. The van der Waals surface area contributed by atoms with Gasteiger partial charge in [-0.2, -0.15) is 0 Å². The number of rotatable bonds is 4. The van der Waals surface area contributed by atoms with E-state index in [0.717, 1.165) is 21.7 Å². The molecule has 124 valence electrons. The van der Waals surface area contributed by atoms with E-state index < -0.39 is 5.97 Å². The Morgan fingerprint density at radius 2 is 2.17 bits per heavy atom. The lowest BCUT2D eigenvalue weighted by Gasteiger charge is -2.15. The lowest BCUT2D eigenvalue weighted by molar-refractivity contribution is -0.137. The number of hydrogen-bond acceptors (Lipinski definition) is 5. The molecule has 2 aromatic rings. The summed E-state index contributed by atoms with van der Waals surface area (Å²) in [5.41, 5.74) is 3.50. The van der Waals surface area contributed by atoms with Gasteiger partial charge in [0.05, 0.1) is 6.61 Å². The van der Waals surface area contributed by atoms with Crippen LogP contribution in [0, 0.1) is 6.92 Å². The van der Waals surface area contributed by atoms with Crippen molar-refractivity contribution >= 4 is 29.5 Å². The fourth-order valence-corrected chi connectivity index (χ4v) is 3.80. The Kier molecular flexibility index (Phi) is 4.81. The SMILES string of the molecule is CCOC(=O)/C=C\c1cc(C)cc(C2Nc3ccccc3S2)c1O. The van der Waals surface area contributed by atoms with Crippen LogP contribution in [0.4, 0.5) is 5.69 Å². The maximum Gasteiger partial charge on any atom is 0.330 e. The van der Waals surface area contributed by atoms with Gasteiger partial charge >= 0.3 is 5.97 Å². The number of fused-ring (bicyclic) bond motifs is 1. The standard InChI is InChI=1S/C19H19NO3S/c1-3-23-17(21)9-8-13-10-12(2)11-14(18(13)22)19-20-15-6-4-5-7-16(15)24-19/h4-11,19-20,22H,3H2,1-2H3/b9-8-. The van der Waals surface area contributed by atoms with Gasteiger partial charge in [0.25, 0.3) is 0 Å². The topological polar surface area (TPSA) is 58.6 Å². The van der Waals surface area contributed by atoms with Gasteiger partial charge in [-0.05, 0) is 49.8 Å². The van der Waals surface area contributed by atoms with Gasteiger partial charge in [0.1, 0.15) is 11.1 Å². The molecule has 0 spiro atoms. The normalized spacial score (nSPS) is 16.0. The van der Waals surface area contributed by atoms with Crippen LogP contribution in [0.25, 0.3) is 6.08 Å². The van der Waals surface area contributed by atoms with E-state index in [1.54, 1.807) is 24.8 Å². The van der Waals surface area contributed by atoms with Crippen LogP contribution in [0.3, 0.4) is 0 Å². The molecular formula is C19H19NO3S. The Morgan fingerprint density at radius 1 is 1.38 bits per heavy atom. The predicted octanol–water partition coefficient (Wildman–Crippen LogP) is 4.49. The number of aryl methyl sites for hydroxylation is 1. The van der Waals surface area contributed by atoms with Crippen molar-refractivity contribution in [3.8, 4) is 5.75 Å². The number of carbonyl (C=O) groups is 1. The summed E-state index contributed by atoms with van der Waals surface area (Å²) in [6, 6.07) is 11.9. The number of carbonyl (C=O) groups excluding carboxylic acids is 1. The second-order valence-corrected chi connectivity index (χ2v) is 6.66. The molecule has 24 heavy (non-hydrogen) atoms. The molecule has 1 heterocycles. The Bertz CT molecular complexity index is 776. The summed E-state index contributed by atoms with van der Waals surface area (Å²) in [5, 5.41) is 14.0. The number of hydrogen-bond donors (Lipinski definition) is 2. The lowest BCUT2D eigenvalue weighted by atomic mass is 10.0. The number of benzene rings is 2. The van der Waals surface area contributed by atoms with Gasteiger partial charge in [0.15, 0.2) is 0 Å². The van der Waals surface area contributed by atoms with Crippen LogP contribution < -0.4 is 5.32 Å². The van der Waals surface area contributed by atoms with Crippen molar-refractivity contribution in [3.05, 3.63) is 59.2 Å². The summed E-state index contributed by atoms with van der Waals surface area (Å²) in [5.74, 6) is -0.236. The van der Waals surface area contributed by atoms with E-state index in [-0.39, 0.29) is 11.1 Å². The first-order valence-corrected chi connectivity index (χ1v) is 8.67. The quantitative estimate of drug-likeness (QED) is 0.634. The zero-order valence-electron chi connectivity index (χ0n) is 13.6. The summed E-state index contributed by atoms with van der Waals surface area (Å²) < 4.78 is 4.88. The molecule has 4 nitrogen and oxygen atoms in total. The molecule has 0 fully saturated rings. The smallest absolute Gasteiger partial charge is 0.330 e. The summed E-state index contributed by atoms with van der Waals surface area (Å²) in [6.45, 7) is 4.06. The lowest BCUT2D eigenvalue weighted by Crippen LogP contribution is -2.03. The number of para-hydroxylation sites is 1. The molecule has 5 heteroatoms. The fraction of sp³-hybridized carbons (Fsp3) is 0.211. The van der Waals surface area contributed by atoms with Crippen molar-refractivity contribution in [1.29, 1.82) is 0 Å². The van der Waals surface area contributed by atoms with Crippen molar-refractivity contribution in [3.63, 3.8) is 0 Å². The van der Waals surface area contributed by atoms with E-state index >= 15 is 0 Å². The molecule has 2 N–H and O–H groups in total. The highest BCUT2D eigenvalue weighted by Crippen LogP contribution is 2.49. The van der Waals surface area contributed by atoms with E-state index in [9.17, 15) is 9.90 Å². The molecule has 0 saturated carbocycles. The first kappa shape index (κ1) is 16.5. The van der Waals surface area contributed by atoms with Gasteiger partial charge in [-0.3, -0.25) is 0 Å². The Hall–Kier alpha value is -2.40. The number of thioether (sulfide) groups is 1. The monoisotopic (exact) mass is 341 g/mol. The highest BCUT2D eigenvalue weighted by molar-refractivity contribution is 8.00. The van der Waals surface area contributed by atoms with Crippen LogP contribution in [0.2, 0.25) is 0 Å². The Balaban J connectivity index is 1.89. The molecule has 0 saturated heterocycles. The molecule has 2 aromatic carbocycles. The van der Waals surface area contributed by atoms with Gasteiger partial charge in [-0.15, -0.1) is 0 Å². The van der Waals surface area contributed by atoms with E-state index in [1.807, 2.05) is 37.3 Å². The first-order valence-electron chi connectivity index (χ1n) is 7.79. The highest BCUT2D eigenvalue weighted by Gasteiger charge is 2.25. The van der Waals surface area contributed by atoms with Gasteiger partial charge in [-0.25, -0.2) is 4.79 Å². The van der Waals surface area contributed by atoms with Crippen LogP contribution in [0.5, 0.6) is 5.75 Å². The molecule has 1 aliphatic heterocycles. The van der Waals surface area contributed by atoms with E-state index in [0.29, 0.717) is 12.2 Å². The van der Waals surface area contributed by atoms with E-state index in [2.05, 4.69) is 11.4 Å². The fourth-order valence-electron chi connectivity index (χ4n) is 2.64. The highest BCUT2D eigenvalue weighted by atomic mass is 32.2. The summed E-state index contributed by atoms with van der Waals surface area (Å²) in [4.78, 5) is 12.7. The Labute approximate surface area is 145 Å². The second-order valence-electron chi connectivity index (χ2n) is 5.52. The van der Waals surface area contributed by atoms with Crippen molar-refractivity contribution < 1.29 is 14.6 Å². The number of phenols is 1. The average molecular weight is 341 g/mol. The first-order chi connectivity index (χ1) is 11.6. The zero-order chi connectivity index (χ0) is 17.1. The number of aromatic hydroxyl groups is 1. The molecule has 3 rings (SSSR count). The van der Waals surface area contributed by atoms with Gasteiger partial charge in [0, 0.05) is 27.8 Å². The number of ether oxygens (including phenoxy) is 1. The molecule has 0 amide bonds. The van der Waals surface area contributed by atoms with Gasteiger partial charge in [-0.1, -0.05) is 23.9 Å². The van der Waals surface area contributed by atoms with Gasteiger partial charge < -0.3 is 15.2 Å². The van der Waals surface area contributed by atoms with Crippen molar-refractivity contribution in [1.82, 2.24) is 0 Å². The molecule has 0 aromatic heterocycles. The van der Waals surface area contributed by atoms with Crippen LogP contribution in [0.1, 0.15) is 29.0 Å². The maximum absolute atomic E-state index is 11.5. The minimum atomic E-state index is -0.416. The maximum atomic E-state index is 11.5. The summed E-state index contributed by atoms with van der Waals surface area (Å²) in [6.07, 6.45) is 2.93. The minimum Gasteiger partial charge on any atom is -0.507 e. The van der Waals surface area contributed by atoms with E-state index in [4.69, 9.17) is 4.74 Å². The molecular weight excluding hydrogens is 322 g/mol. The summed E-state index contributed by atoms with van der Waals surface area (Å²) >= 11 is 1.67. The van der Waals surface area contributed by atoms with Crippen LogP contribution >= 0.6 is 11.8 Å². The van der Waals surface area contributed by atoms with Crippen LogP contribution in [-0.4, -0.2) is 17.7 Å². The number of nitrogens with one attached hydrogen (secondary N) is 1. The third-order valence-corrected chi connectivity index (χ3v) is 4.92. The third kappa shape index (κ3) is 3.41. The molecule has 0 aliphatic carbocycles. The number of anilines is 1. The predicted molar refractivity (Wildman–Crippen MR) is 97.2 cm³/mol. The molecule has 1 aliphatic rings. The van der Waals surface area contributed by atoms with Crippen LogP contribution in [-0.2, 0) is 9.53 Å². The van der Waals surface area contributed by atoms with E-state index in [1.165, 1.54) is 6.08 Å². The van der Waals surface area contributed by atoms with Crippen molar-refractivity contribution in [2.45, 2.75) is 24.1 Å². The molecule has 0 radical (unpaired) electrons. The molecule has 1 atom stereocenters. The minimum absolute atomic E-state index is 0.0583. The molecule has 0 bridgehead atoms. The molecule has 1 unspecified atom stereocenters. The third-order valence-electron chi connectivity index (χ3n) is 3.70.